The summed E-state index contributed by atoms with van der Waals surface area (Å²) >= 11 is 1.82. The van der Waals surface area contributed by atoms with E-state index in [2.05, 4.69) is 126 Å². The molecule has 0 saturated heterocycles. The summed E-state index contributed by atoms with van der Waals surface area (Å²) in [4.78, 5) is 1.28. The van der Waals surface area contributed by atoms with Crippen LogP contribution in [0.3, 0.4) is 0 Å². The number of pyridine rings is 2. The van der Waals surface area contributed by atoms with Gasteiger partial charge in [0.05, 0.1) is 10.8 Å². The highest BCUT2D eigenvalue weighted by Gasteiger charge is 2.67. The van der Waals surface area contributed by atoms with Crippen molar-refractivity contribution in [3.63, 3.8) is 0 Å². The number of fused-ring (bicyclic) bond motifs is 12. The van der Waals surface area contributed by atoms with Crippen LogP contribution in [0.1, 0.15) is 11.1 Å². The standard InChI is InChI=1S/C37H18N4OS/c1-3-9-23-19(7-1)21-13-15-28-32-30(21)34-38(23)25-11-5-6-12-26(25)40(34)37(32)33-29(42-28)16-14-22-20-8-2-4-10-24(20)39-35(31(22)33)41(37)27-17-18-43-36(27)39/h1-18H/q+2. The molecule has 8 heterocycles. The molecule has 5 nitrogen and oxygen atoms in total. The van der Waals surface area contributed by atoms with Crippen LogP contribution in [0.5, 0.6) is 11.5 Å². The van der Waals surface area contributed by atoms with Gasteiger partial charge in [-0.25, -0.2) is 0 Å². The summed E-state index contributed by atoms with van der Waals surface area (Å²) < 4.78 is 17.3. The van der Waals surface area contributed by atoms with Crippen molar-refractivity contribution < 1.29 is 13.9 Å². The number of hydrogen-bond acceptors (Lipinski definition) is 2. The molecule has 6 heteroatoms. The quantitative estimate of drug-likeness (QED) is 0.136. The lowest BCUT2D eigenvalue weighted by molar-refractivity contribution is -0.923. The van der Waals surface area contributed by atoms with Crippen molar-refractivity contribution >= 4 is 87.4 Å². The Morgan fingerprint density at radius 3 is 1.84 bits per heavy atom. The Balaban J connectivity index is 1.45. The van der Waals surface area contributed by atoms with E-state index in [4.69, 9.17) is 4.74 Å². The molecule has 5 aromatic carbocycles. The molecule has 1 spiro atoms. The van der Waals surface area contributed by atoms with Crippen LogP contribution < -0.4 is 13.9 Å². The van der Waals surface area contributed by atoms with Crippen LogP contribution >= 0.6 is 11.3 Å². The van der Waals surface area contributed by atoms with E-state index in [0.717, 1.165) is 11.5 Å². The predicted octanol–water partition coefficient (Wildman–Crippen LogP) is 7.78. The van der Waals surface area contributed by atoms with Gasteiger partial charge in [0.1, 0.15) is 33.7 Å². The molecule has 3 aliphatic heterocycles. The fraction of sp³-hybridized carbons (Fsp3) is 0.0270. The van der Waals surface area contributed by atoms with Gasteiger partial charge in [0.15, 0.2) is 16.6 Å². The minimum absolute atomic E-state index is 0.635. The number of thiophene rings is 1. The lowest BCUT2D eigenvalue weighted by Crippen LogP contribution is -2.71. The smallest absolute Gasteiger partial charge is 0.316 e. The van der Waals surface area contributed by atoms with Crippen molar-refractivity contribution in [3.05, 3.63) is 120 Å². The van der Waals surface area contributed by atoms with Gasteiger partial charge in [-0.3, -0.25) is 0 Å². The van der Waals surface area contributed by atoms with E-state index in [1.54, 1.807) is 0 Å². The molecule has 0 radical (unpaired) electrons. The topological polar surface area (TPSA) is 25.8 Å². The maximum Gasteiger partial charge on any atom is 0.316 e. The van der Waals surface area contributed by atoms with Gasteiger partial charge in [0, 0.05) is 27.6 Å². The number of benzene rings is 5. The molecule has 3 aliphatic rings. The predicted molar refractivity (Wildman–Crippen MR) is 170 cm³/mol. The van der Waals surface area contributed by atoms with Crippen LogP contribution in [0.4, 0.5) is 0 Å². The van der Waals surface area contributed by atoms with Gasteiger partial charge in [-0.15, -0.1) is 0 Å². The van der Waals surface area contributed by atoms with E-state index >= 15 is 0 Å². The Morgan fingerprint density at radius 1 is 0.535 bits per heavy atom. The summed E-state index contributed by atoms with van der Waals surface area (Å²) in [5.74, 6) is 1.88. The number of imidazole rings is 2. The van der Waals surface area contributed by atoms with Crippen molar-refractivity contribution in [2.45, 2.75) is 5.66 Å². The average Bonchev–Trinajstić information content (AvgIpc) is 3.84. The average molecular weight is 567 g/mol. The highest BCUT2D eigenvalue weighted by atomic mass is 32.1. The van der Waals surface area contributed by atoms with Crippen LogP contribution in [-0.4, -0.2) is 8.80 Å². The van der Waals surface area contributed by atoms with Crippen molar-refractivity contribution in [2.75, 3.05) is 0 Å². The zero-order valence-corrected chi connectivity index (χ0v) is 23.3. The third-order valence-electron chi connectivity index (χ3n) is 10.5. The molecule has 0 aliphatic carbocycles. The van der Waals surface area contributed by atoms with Crippen LogP contribution in [0.25, 0.3) is 76.0 Å². The molecule has 0 amide bonds. The molecule has 0 N–H and O–H groups in total. The summed E-state index contributed by atoms with van der Waals surface area (Å²) in [6.45, 7) is 0. The number of para-hydroxylation sites is 4. The van der Waals surface area contributed by atoms with Crippen LogP contribution in [0.15, 0.2) is 109 Å². The van der Waals surface area contributed by atoms with E-state index in [-0.39, 0.29) is 0 Å². The number of rotatable bonds is 0. The fourth-order valence-electron chi connectivity index (χ4n) is 9.21. The minimum Gasteiger partial charge on any atom is -0.456 e. The third kappa shape index (κ3) is 1.80. The first kappa shape index (κ1) is 20.4. The molecule has 10 aromatic rings. The fourth-order valence-corrected chi connectivity index (χ4v) is 10.1. The molecule has 0 fully saturated rings. The molecular weight excluding hydrogens is 549 g/mol. The zero-order valence-electron chi connectivity index (χ0n) is 22.5. The van der Waals surface area contributed by atoms with Gasteiger partial charge in [-0.1, -0.05) is 59.9 Å². The second-order valence-electron chi connectivity index (χ2n) is 12.1. The zero-order chi connectivity index (χ0) is 27.3. The van der Waals surface area contributed by atoms with Crippen molar-refractivity contribution in [1.29, 1.82) is 0 Å². The molecule has 196 valence electrons. The Kier molecular flexibility index (Phi) is 2.93. The monoisotopic (exact) mass is 566 g/mol. The maximum atomic E-state index is 6.93. The highest BCUT2D eigenvalue weighted by molar-refractivity contribution is 7.16. The van der Waals surface area contributed by atoms with Gasteiger partial charge in [-0.05, 0) is 53.9 Å². The Morgan fingerprint density at radius 2 is 1.12 bits per heavy atom. The molecular formula is C37H18N4OS+2. The lowest BCUT2D eigenvalue weighted by atomic mass is 9.85. The minimum atomic E-state index is -0.635. The molecule has 43 heavy (non-hydrogen) atoms. The Bertz CT molecular complexity index is 3050. The van der Waals surface area contributed by atoms with Crippen LogP contribution in [-0.2, 0) is 5.66 Å². The van der Waals surface area contributed by atoms with Gasteiger partial charge in [0.2, 0.25) is 4.83 Å². The Hall–Kier alpha value is -5.46. The summed E-state index contributed by atoms with van der Waals surface area (Å²) in [5, 5.41) is 9.89. The molecule has 5 aromatic heterocycles. The van der Waals surface area contributed by atoms with E-state index < -0.39 is 5.66 Å². The first-order valence-electron chi connectivity index (χ1n) is 14.7. The highest BCUT2D eigenvalue weighted by Crippen LogP contribution is 2.59. The Labute approximate surface area is 246 Å². The summed E-state index contributed by atoms with van der Waals surface area (Å²) in [6, 6.07) is 38.0. The number of ether oxygens (including phenoxy) is 1. The number of nitrogens with zero attached hydrogens (tertiary/aromatic N) is 4. The van der Waals surface area contributed by atoms with E-state index in [1.807, 2.05) is 11.3 Å². The molecule has 0 saturated carbocycles. The second kappa shape index (κ2) is 6.16. The van der Waals surface area contributed by atoms with Gasteiger partial charge >= 0.3 is 17.0 Å². The van der Waals surface area contributed by atoms with Gasteiger partial charge < -0.3 is 4.74 Å². The van der Waals surface area contributed by atoms with Crippen LogP contribution in [0, 0.1) is 0 Å². The van der Waals surface area contributed by atoms with E-state index in [9.17, 15) is 0 Å². The molecule has 1 atom stereocenters. The van der Waals surface area contributed by atoms with Crippen molar-refractivity contribution in [1.82, 2.24) is 8.80 Å². The lowest BCUT2D eigenvalue weighted by Gasteiger charge is -2.30. The first-order valence-corrected chi connectivity index (χ1v) is 15.6. The second-order valence-corrected chi connectivity index (χ2v) is 13.0. The van der Waals surface area contributed by atoms with E-state index in [0.29, 0.717) is 0 Å². The summed E-state index contributed by atoms with van der Waals surface area (Å²) in [5.41, 5.74) is 10.5. The maximum absolute atomic E-state index is 6.93. The van der Waals surface area contributed by atoms with Crippen molar-refractivity contribution in [3.8, 4) is 11.5 Å². The molecule has 1 unspecified atom stereocenters. The third-order valence-corrected chi connectivity index (χ3v) is 11.4. The van der Waals surface area contributed by atoms with Crippen molar-refractivity contribution in [2.24, 2.45) is 0 Å². The number of aromatic nitrogens is 4. The first-order chi connectivity index (χ1) is 21.4. The normalized spacial score (nSPS) is 17.6. The van der Waals surface area contributed by atoms with Crippen LogP contribution in [0.2, 0.25) is 0 Å². The SMILES string of the molecule is c1ccc2c(c1)c1ccc3c4c1c1n2c2ccccc2[n+]1C41c2c(ccc4c5ccccc5n5c6sccc6[n+]1c5c24)O3. The molecule has 0 bridgehead atoms. The summed E-state index contributed by atoms with van der Waals surface area (Å²) in [7, 11) is 0. The largest absolute Gasteiger partial charge is 0.456 e. The van der Waals surface area contributed by atoms with Gasteiger partial charge in [0.25, 0.3) is 0 Å². The number of hydrogen-bond donors (Lipinski definition) is 0. The summed E-state index contributed by atoms with van der Waals surface area (Å²) in [6.07, 6.45) is 0. The molecule has 13 rings (SSSR count). The van der Waals surface area contributed by atoms with E-state index in [1.165, 1.54) is 87.2 Å². The van der Waals surface area contributed by atoms with Gasteiger partial charge in [-0.2, -0.15) is 17.9 Å².